The number of hydrogen-bond donors (Lipinski definition) is 1. The van der Waals surface area contributed by atoms with Crippen LogP contribution in [0.3, 0.4) is 0 Å². The summed E-state index contributed by atoms with van der Waals surface area (Å²) in [4.78, 5) is 38.9. The van der Waals surface area contributed by atoms with Gasteiger partial charge in [-0.25, -0.2) is 0 Å². The van der Waals surface area contributed by atoms with E-state index in [4.69, 9.17) is 10.5 Å². The zero-order chi connectivity index (χ0) is 28.7. The SMILES string of the molecule is CCC(C)[C@H](CC(=O)[C@@H](N)[C@@H](C)CC)C(=O)O[C@@H]1CC[C@@]2(C)[C@@H](CC[C@@H]3[C@@H]2CC[C@]2(C)[C@@H](C(C)=O)CC[C@@H]32)C1. The van der Waals surface area contributed by atoms with Crippen LogP contribution in [-0.4, -0.2) is 29.7 Å². The number of hydrogen-bond acceptors (Lipinski definition) is 5. The molecule has 0 aliphatic heterocycles. The molecule has 39 heavy (non-hydrogen) atoms. The summed E-state index contributed by atoms with van der Waals surface area (Å²) in [6.07, 6.45) is 12.0. The van der Waals surface area contributed by atoms with E-state index in [2.05, 4.69) is 27.7 Å². The van der Waals surface area contributed by atoms with E-state index in [1.54, 1.807) is 0 Å². The molecule has 4 rings (SSSR count). The molecule has 0 spiro atoms. The molecule has 0 aromatic rings. The van der Waals surface area contributed by atoms with E-state index < -0.39 is 12.0 Å². The van der Waals surface area contributed by atoms with Crippen LogP contribution in [0.15, 0.2) is 0 Å². The maximum atomic E-state index is 13.5. The van der Waals surface area contributed by atoms with E-state index in [-0.39, 0.29) is 47.4 Å². The molecule has 12 atom stereocenters. The second-order valence-corrected chi connectivity index (χ2v) is 14.8. The summed E-state index contributed by atoms with van der Waals surface area (Å²) < 4.78 is 6.23. The van der Waals surface area contributed by atoms with Gasteiger partial charge < -0.3 is 10.5 Å². The number of carbonyl (C=O) groups is 3. The van der Waals surface area contributed by atoms with Crippen molar-refractivity contribution < 1.29 is 19.1 Å². The van der Waals surface area contributed by atoms with Gasteiger partial charge in [-0.15, -0.1) is 0 Å². The fourth-order valence-corrected chi connectivity index (χ4v) is 9.97. The average Bonchev–Trinajstić information content (AvgIpc) is 3.27. The molecule has 5 nitrogen and oxygen atoms in total. The Morgan fingerprint density at radius 2 is 1.51 bits per heavy atom. The van der Waals surface area contributed by atoms with Crippen LogP contribution in [0.2, 0.25) is 0 Å². The van der Waals surface area contributed by atoms with E-state index in [9.17, 15) is 14.4 Å². The van der Waals surface area contributed by atoms with Gasteiger partial charge in [0.1, 0.15) is 11.9 Å². The highest BCUT2D eigenvalue weighted by Crippen LogP contribution is 2.67. The molecule has 4 aliphatic carbocycles. The fraction of sp³-hybridized carbons (Fsp3) is 0.912. The van der Waals surface area contributed by atoms with Crippen molar-refractivity contribution in [3.8, 4) is 0 Å². The second-order valence-electron chi connectivity index (χ2n) is 14.8. The third-order valence-electron chi connectivity index (χ3n) is 13.1. The Labute approximate surface area is 238 Å². The Morgan fingerprint density at radius 3 is 2.15 bits per heavy atom. The summed E-state index contributed by atoms with van der Waals surface area (Å²) in [7, 11) is 0. The van der Waals surface area contributed by atoms with Crippen LogP contribution in [0.5, 0.6) is 0 Å². The summed E-state index contributed by atoms with van der Waals surface area (Å²) in [6.45, 7) is 15.0. The van der Waals surface area contributed by atoms with Crippen LogP contribution in [0, 0.1) is 58.2 Å². The number of nitrogens with two attached hydrogens (primary N) is 1. The molecule has 222 valence electrons. The van der Waals surface area contributed by atoms with Crippen molar-refractivity contribution in [3.63, 3.8) is 0 Å². The Balaban J connectivity index is 1.40. The van der Waals surface area contributed by atoms with Gasteiger partial charge in [0.05, 0.1) is 12.0 Å². The fourth-order valence-electron chi connectivity index (χ4n) is 9.97. The van der Waals surface area contributed by atoms with Crippen LogP contribution in [0.1, 0.15) is 126 Å². The predicted molar refractivity (Wildman–Crippen MR) is 156 cm³/mol. The highest BCUT2D eigenvalue weighted by molar-refractivity contribution is 5.88. The zero-order valence-corrected chi connectivity index (χ0v) is 26.0. The van der Waals surface area contributed by atoms with E-state index in [1.165, 1.54) is 32.1 Å². The zero-order valence-electron chi connectivity index (χ0n) is 26.0. The minimum atomic E-state index is -0.511. The lowest BCUT2D eigenvalue weighted by Gasteiger charge is -2.61. The van der Waals surface area contributed by atoms with Gasteiger partial charge >= 0.3 is 5.97 Å². The third kappa shape index (κ3) is 5.64. The van der Waals surface area contributed by atoms with E-state index >= 15 is 0 Å². The first-order valence-electron chi connectivity index (χ1n) is 16.4. The molecule has 2 N–H and O–H groups in total. The largest absolute Gasteiger partial charge is 0.462 e. The smallest absolute Gasteiger partial charge is 0.309 e. The summed E-state index contributed by atoms with van der Waals surface area (Å²) in [5, 5.41) is 0. The number of carbonyl (C=O) groups excluding carboxylic acids is 3. The summed E-state index contributed by atoms with van der Waals surface area (Å²) in [6, 6.07) is -0.511. The van der Waals surface area contributed by atoms with Crippen LogP contribution in [-0.2, 0) is 19.1 Å². The first-order valence-corrected chi connectivity index (χ1v) is 16.4. The van der Waals surface area contributed by atoms with E-state index in [1.807, 2.05) is 20.8 Å². The molecule has 0 aromatic carbocycles. The molecule has 0 saturated heterocycles. The lowest BCUT2D eigenvalue weighted by Crippen LogP contribution is -2.54. The molecule has 1 unspecified atom stereocenters. The van der Waals surface area contributed by atoms with Gasteiger partial charge in [-0.05, 0) is 111 Å². The van der Waals surface area contributed by atoms with Crippen LogP contribution in [0.4, 0.5) is 0 Å². The topological polar surface area (TPSA) is 86.5 Å². The number of rotatable bonds is 10. The van der Waals surface area contributed by atoms with E-state index in [0.717, 1.165) is 50.4 Å². The molecule has 0 aromatic heterocycles. The minimum Gasteiger partial charge on any atom is -0.462 e. The Bertz CT molecular complexity index is 917. The van der Waals surface area contributed by atoms with Gasteiger partial charge in [-0.3, -0.25) is 14.4 Å². The van der Waals surface area contributed by atoms with Crippen LogP contribution < -0.4 is 5.73 Å². The first-order chi connectivity index (χ1) is 18.4. The van der Waals surface area contributed by atoms with Crippen molar-refractivity contribution in [2.75, 3.05) is 0 Å². The van der Waals surface area contributed by atoms with Crippen molar-refractivity contribution in [3.05, 3.63) is 0 Å². The van der Waals surface area contributed by atoms with Crippen molar-refractivity contribution in [2.24, 2.45) is 63.9 Å². The van der Waals surface area contributed by atoms with Gasteiger partial charge in [-0.1, -0.05) is 54.4 Å². The van der Waals surface area contributed by atoms with Crippen molar-refractivity contribution in [2.45, 2.75) is 138 Å². The molecular formula is C34H57NO4. The van der Waals surface area contributed by atoms with Crippen molar-refractivity contribution >= 4 is 17.5 Å². The van der Waals surface area contributed by atoms with Crippen molar-refractivity contribution in [1.82, 2.24) is 0 Å². The summed E-state index contributed by atoms with van der Waals surface area (Å²) in [5.41, 5.74) is 6.73. The molecular weight excluding hydrogens is 486 g/mol. The van der Waals surface area contributed by atoms with Gasteiger partial charge in [0.25, 0.3) is 0 Å². The quantitative estimate of drug-likeness (QED) is 0.296. The Morgan fingerprint density at radius 1 is 0.872 bits per heavy atom. The average molecular weight is 544 g/mol. The number of ketones is 2. The van der Waals surface area contributed by atoms with Crippen molar-refractivity contribution in [1.29, 1.82) is 0 Å². The van der Waals surface area contributed by atoms with Gasteiger partial charge in [0, 0.05) is 12.3 Å². The molecule has 0 amide bonds. The van der Waals surface area contributed by atoms with Gasteiger partial charge in [0.2, 0.25) is 0 Å². The maximum absolute atomic E-state index is 13.5. The molecule has 0 heterocycles. The number of ether oxygens (including phenoxy) is 1. The maximum Gasteiger partial charge on any atom is 0.309 e. The van der Waals surface area contributed by atoms with E-state index in [0.29, 0.717) is 23.0 Å². The van der Waals surface area contributed by atoms with Gasteiger partial charge in [-0.2, -0.15) is 0 Å². The van der Waals surface area contributed by atoms with Gasteiger partial charge in [0.15, 0.2) is 5.78 Å². The number of Topliss-reactive ketones (excluding diaryl/α,β-unsaturated/α-hetero) is 2. The number of fused-ring (bicyclic) bond motifs is 5. The molecule has 0 radical (unpaired) electrons. The molecule has 4 aliphatic rings. The Hall–Kier alpha value is -1.23. The number of esters is 1. The van der Waals surface area contributed by atoms with Crippen LogP contribution >= 0.6 is 0 Å². The first kappa shape index (κ1) is 30.7. The summed E-state index contributed by atoms with van der Waals surface area (Å²) in [5.74, 6) is 3.01. The van der Waals surface area contributed by atoms with Crippen LogP contribution in [0.25, 0.3) is 0 Å². The lowest BCUT2D eigenvalue weighted by molar-refractivity contribution is -0.169. The minimum absolute atomic E-state index is 0.00985. The Kier molecular flexibility index (Phi) is 9.41. The standard InChI is InChI=1S/C34H57NO4/c1-8-20(3)26(19-30(37)31(35)21(4)9-2)32(38)39-24-14-16-33(6)23(18-24)10-11-25-28-13-12-27(22(5)36)34(28,7)17-15-29(25)33/h20-21,23-29,31H,8-19,35H2,1-7H3/t20?,21-,23-,24+,25-,26-,27+,28-,29-,31-,33-,34+/m0/s1. The predicted octanol–water partition coefficient (Wildman–Crippen LogP) is 7.14. The highest BCUT2D eigenvalue weighted by atomic mass is 16.5. The summed E-state index contributed by atoms with van der Waals surface area (Å²) >= 11 is 0. The monoisotopic (exact) mass is 543 g/mol. The lowest BCUT2D eigenvalue weighted by atomic mass is 9.44. The third-order valence-corrected chi connectivity index (χ3v) is 13.1. The second kappa shape index (κ2) is 11.9. The molecule has 4 saturated carbocycles. The molecule has 5 heteroatoms. The normalized spacial score (nSPS) is 40.8. The molecule has 0 bridgehead atoms. The molecule has 4 fully saturated rings. The highest BCUT2D eigenvalue weighted by Gasteiger charge is 2.61.